The van der Waals surface area contributed by atoms with Crippen molar-refractivity contribution in [2.75, 3.05) is 24.5 Å². The van der Waals surface area contributed by atoms with Gasteiger partial charge in [0, 0.05) is 30.9 Å². The monoisotopic (exact) mass is 313 g/mol. The molecule has 2 heterocycles. The Labute approximate surface area is 134 Å². The first-order chi connectivity index (χ1) is 10.7. The number of halogens is 1. The second kappa shape index (κ2) is 6.62. The van der Waals surface area contributed by atoms with E-state index in [4.69, 9.17) is 11.6 Å². The smallest absolute Gasteiger partial charge is 0.319 e. The van der Waals surface area contributed by atoms with Crippen LogP contribution in [0.1, 0.15) is 5.56 Å². The lowest BCUT2D eigenvalue weighted by molar-refractivity contribution is 0.225. The van der Waals surface area contributed by atoms with Crippen molar-refractivity contribution >= 4 is 29.4 Å². The van der Waals surface area contributed by atoms with E-state index < -0.39 is 0 Å². The van der Waals surface area contributed by atoms with E-state index in [0.29, 0.717) is 13.1 Å². The topological polar surface area (TPSA) is 36.4 Å². The van der Waals surface area contributed by atoms with E-state index in [1.807, 2.05) is 53.5 Å². The van der Waals surface area contributed by atoms with Gasteiger partial charge in [0.15, 0.2) is 0 Å². The summed E-state index contributed by atoms with van der Waals surface area (Å²) >= 11 is 5.86. The number of pyridine rings is 1. The zero-order valence-corrected chi connectivity index (χ0v) is 12.8. The minimum atomic E-state index is 0.0220. The van der Waals surface area contributed by atoms with Crippen molar-refractivity contribution in [1.29, 1.82) is 0 Å². The van der Waals surface area contributed by atoms with Crippen LogP contribution in [0.2, 0.25) is 5.02 Å². The Balaban J connectivity index is 1.60. The highest BCUT2D eigenvalue weighted by molar-refractivity contribution is 6.30. The van der Waals surface area contributed by atoms with Gasteiger partial charge in [0.25, 0.3) is 0 Å². The second-order valence-electron chi connectivity index (χ2n) is 5.05. The van der Waals surface area contributed by atoms with Gasteiger partial charge in [-0.3, -0.25) is 9.88 Å². The third-order valence-corrected chi connectivity index (χ3v) is 3.81. The maximum atomic E-state index is 12.4. The van der Waals surface area contributed by atoms with E-state index in [1.165, 1.54) is 0 Å². The standard InChI is InChI=1S/C17H16ClN3O/c18-15-7-5-14(6-8-15)3-2-10-20-11-12-21(17(20)22)16-4-1-9-19-13-16/h1-9,13H,10-12H2. The fourth-order valence-electron chi connectivity index (χ4n) is 2.39. The molecule has 3 rings (SSSR count). The molecule has 0 spiro atoms. The van der Waals surface area contributed by atoms with Gasteiger partial charge in [-0.2, -0.15) is 0 Å². The summed E-state index contributed by atoms with van der Waals surface area (Å²) in [7, 11) is 0. The largest absolute Gasteiger partial charge is 0.324 e. The van der Waals surface area contributed by atoms with Crippen LogP contribution in [-0.4, -0.2) is 35.5 Å². The normalized spacial score (nSPS) is 15.0. The Morgan fingerprint density at radius 3 is 2.73 bits per heavy atom. The summed E-state index contributed by atoms with van der Waals surface area (Å²) in [4.78, 5) is 20.0. The number of anilines is 1. The quantitative estimate of drug-likeness (QED) is 0.863. The number of benzene rings is 1. The lowest BCUT2D eigenvalue weighted by Gasteiger charge is -2.17. The molecule has 0 unspecified atom stereocenters. The summed E-state index contributed by atoms with van der Waals surface area (Å²) in [5.74, 6) is 0. The Kier molecular flexibility index (Phi) is 4.39. The summed E-state index contributed by atoms with van der Waals surface area (Å²) in [5, 5.41) is 0.721. The first-order valence-electron chi connectivity index (χ1n) is 7.12. The van der Waals surface area contributed by atoms with Crippen LogP contribution in [0.15, 0.2) is 54.9 Å². The van der Waals surface area contributed by atoms with Crippen molar-refractivity contribution in [3.8, 4) is 0 Å². The molecule has 5 heteroatoms. The molecule has 0 radical (unpaired) electrons. The number of hydrogen-bond acceptors (Lipinski definition) is 2. The molecule has 0 aliphatic carbocycles. The number of carbonyl (C=O) groups is 1. The van der Waals surface area contributed by atoms with Crippen molar-refractivity contribution in [2.24, 2.45) is 0 Å². The molecule has 1 aromatic heterocycles. The van der Waals surface area contributed by atoms with Gasteiger partial charge < -0.3 is 4.90 Å². The number of nitrogens with zero attached hydrogens (tertiary/aromatic N) is 3. The van der Waals surface area contributed by atoms with E-state index in [-0.39, 0.29) is 6.03 Å². The maximum Gasteiger partial charge on any atom is 0.324 e. The minimum Gasteiger partial charge on any atom is -0.319 e. The van der Waals surface area contributed by atoms with E-state index >= 15 is 0 Å². The lowest BCUT2D eigenvalue weighted by atomic mass is 10.2. The molecule has 2 aromatic rings. The van der Waals surface area contributed by atoms with E-state index in [9.17, 15) is 4.79 Å². The first-order valence-corrected chi connectivity index (χ1v) is 7.50. The van der Waals surface area contributed by atoms with E-state index in [2.05, 4.69) is 4.98 Å². The van der Waals surface area contributed by atoms with Crippen LogP contribution < -0.4 is 4.90 Å². The molecule has 112 valence electrons. The SMILES string of the molecule is O=C1N(CC=Cc2ccc(Cl)cc2)CCN1c1cccnc1. The Morgan fingerprint density at radius 1 is 1.18 bits per heavy atom. The lowest BCUT2D eigenvalue weighted by Crippen LogP contribution is -2.31. The summed E-state index contributed by atoms with van der Waals surface area (Å²) in [5.41, 5.74) is 1.91. The van der Waals surface area contributed by atoms with Crippen molar-refractivity contribution in [3.05, 3.63) is 65.5 Å². The summed E-state index contributed by atoms with van der Waals surface area (Å²) in [6, 6.07) is 11.4. The summed E-state index contributed by atoms with van der Waals surface area (Å²) in [6.07, 6.45) is 7.41. The van der Waals surface area contributed by atoms with Crippen molar-refractivity contribution in [3.63, 3.8) is 0 Å². The molecule has 1 aromatic carbocycles. The third-order valence-electron chi connectivity index (χ3n) is 3.56. The van der Waals surface area contributed by atoms with E-state index in [0.717, 1.165) is 22.8 Å². The second-order valence-corrected chi connectivity index (χ2v) is 5.48. The maximum absolute atomic E-state index is 12.4. The highest BCUT2D eigenvalue weighted by Crippen LogP contribution is 2.19. The van der Waals surface area contributed by atoms with Crippen LogP contribution in [0.3, 0.4) is 0 Å². The summed E-state index contributed by atoms with van der Waals surface area (Å²) < 4.78 is 0. The predicted molar refractivity (Wildman–Crippen MR) is 89.0 cm³/mol. The van der Waals surface area contributed by atoms with Gasteiger partial charge in [0.1, 0.15) is 0 Å². The van der Waals surface area contributed by atoms with E-state index in [1.54, 1.807) is 17.3 Å². The molecule has 2 amide bonds. The van der Waals surface area contributed by atoms with Gasteiger partial charge in [-0.1, -0.05) is 35.9 Å². The van der Waals surface area contributed by atoms with Crippen LogP contribution in [0, 0.1) is 0 Å². The zero-order chi connectivity index (χ0) is 15.4. The van der Waals surface area contributed by atoms with Gasteiger partial charge >= 0.3 is 6.03 Å². The highest BCUT2D eigenvalue weighted by Gasteiger charge is 2.28. The number of aromatic nitrogens is 1. The Hall–Kier alpha value is -2.33. The molecule has 0 bridgehead atoms. The van der Waals surface area contributed by atoms with Crippen molar-refractivity contribution in [1.82, 2.24) is 9.88 Å². The number of hydrogen-bond donors (Lipinski definition) is 0. The number of rotatable bonds is 4. The molecule has 1 saturated heterocycles. The Bertz CT molecular complexity index is 670. The molecule has 4 nitrogen and oxygen atoms in total. The molecule has 0 saturated carbocycles. The van der Waals surface area contributed by atoms with Crippen LogP contribution in [0.5, 0.6) is 0 Å². The van der Waals surface area contributed by atoms with Gasteiger partial charge in [0.2, 0.25) is 0 Å². The zero-order valence-electron chi connectivity index (χ0n) is 12.0. The minimum absolute atomic E-state index is 0.0220. The number of amides is 2. The predicted octanol–water partition coefficient (Wildman–Crippen LogP) is 3.69. The van der Waals surface area contributed by atoms with Gasteiger partial charge in [-0.15, -0.1) is 0 Å². The van der Waals surface area contributed by atoms with Gasteiger partial charge in [-0.25, -0.2) is 4.79 Å². The van der Waals surface area contributed by atoms with Gasteiger partial charge in [0.05, 0.1) is 11.9 Å². The van der Waals surface area contributed by atoms with Crippen LogP contribution in [0.4, 0.5) is 10.5 Å². The average molecular weight is 314 g/mol. The van der Waals surface area contributed by atoms with Crippen molar-refractivity contribution < 1.29 is 4.79 Å². The molecule has 0 atom stereocenters. The van der Waals surface area contributed by atoms with Gasteiger partial charge in [-0.05, 0) is 29.8 Å². The molecule has 1 aliphatic rings. The van der Waals surface area contributed by atoms with Crippen LogP contribution >= 0.6 is 11.6 Å². The molecule has 1 aliphatic heterocycles. The van der Waals surface area contributed by atoms with Crippen LogP contribution in [-0.2, 0) is 0 Å². The summed E-state index contributed by atoms with van der Waals surface area (Å²) in [6.45, 7) is 2.01. The molecule has 1 fully saturated rings. The molecular formula is C17H16ClN3O. The number of carbonyl (C=O) groups excluding carboxylic acids is 1. The third kappa shape index (κ3) is 3.28. The molecule has 22 heavy (non-hydrogen) atoms. The fourth-order valence-corrected chi connectivity index (χ4v) is 2.52. The Morgan fingerprint density at radius 2 is 2.00 bits per heavy atom. The first kappa shape index (κ1) is 14.6. The fraction of sp³-hybridized carbons (Fsp3) is 0.176. The highest BCUT2D eigenvalue weighted by atomic mass is 35.5. The van der Waals surface area contributed by atoms with Crippen LogP contribution in [0.25, 0.3) is 6.08 Å². The molecule has 0 N–H and O–H groups in total. The molecular weight excluding hydrogens is 298 g/mol. The van der Waals surface area contributed by atoms with Crippen molar-refractivity contribution in [2.45, 2.75) is 0 Å². The number of urea groups is 1. The average Bonchev–Trinajstić information content (AvgIpc) is 2.91.